The number of anilines is 2. The average molecular weight is 471 g/mol. The van der Waals surface area contributed by atoms with Gasteiger partial charge >= 0.3 is 0 Å². The van der Waals surface area contributed by atoms with E-state index in [4.69, 9.17) is 9.47 Å². The van der Waals surface area contributed by atoms with Gasteiger partial charge in [-0.3, -0.25) is 9.52 Å². The summed E-state index contributed by atoms with van der Waals surface area (Å²) in [4.78, 5) is 12.7. The fourth-order valence-corrected chi connectivity index (χ4v) is 4.81. The van der Waals surface area contributed by atoms with Crippen LogP contribution in [0.4, 0.5) is 11.4 Å². The third kappa shape index (κ3) is 4.34. The van der Waals surface area contributed by atoms with Crippen molar-refractivity contribution < 1.29 is 22.7 Å². The van der Waals surface area contributed by atoms with Crippen LogP contribution >= 0.6 is 11.7 Å². The summed E-state index contributed by atoms with van der Waals surface area (Å²) in [5.74, 6) is 0.118. The number of fused-ring (bicyclic) bond motifs is 1. The number of rotatable bonds is 7. The second-order valence-electron chi connectivity index (χ2n) is 6.59. The van der Waals surface area contributed by atoms with E-state index in [-0.39, 0.29) is 21.9 Å². The number of hydrogen-bond donors (Lipinski definition) is 2. The van der Waals surface area contributed by atoms with Crippen molar-refractivity contribution in [2.75, 3.05) is 24.3 Å². The number of nitrogens with one attached hydrogen (secondary N) is 2. The molecule has 4 rings (SSSR count). The molecule has 0 saturated heterocycles. The molecule has 0 saturated carbocycles. The largest absolute Gasteiger partial charge is 0.497 e. The van der Waals surface area contributed by atoms with E-state index in [0.717, 1.165) is 11.7 Å². The fourth-order valence-electron chi connectivity index (χ4n) is 3.03. The fraction of sp³-hybridized carbons (Fsp3) is 0.0952. The molecule has 0 atom stereocenters. The summed E-state index contributed by atoms with van der Waals surface area (Å²) in [6.07, 6.45) is 0. The highest BCUT2D eigenvalue weighted by molar-refractivity contribution is 7.92. The van der Waals surface area contributed by atoms with Gasteiger partial charge in [0.05, 0.1) is 31.6 Å². The topological polar surface area (TPSA) is 120 Å². The molecule has 0 aliphatic carbocycles. The van der Waals surface area contributed by atoms with Crippen LogP contribution in [0.2, 0.25) is 0 Å². The van der Waals surface area contributed by atoms with E-state index in [1.807, 2.05) is 0 Å². The molecule has 32 heavy (non-hydrogen) atoms. The summed E-state index contributed by atoms with van der Waals surface area (Å²) in [6, 6.07) is 15.9. The van der Waals surface area contributed by atoms with Gasteiger partial charge in [0.2, 0.25) is 0 Å². The summed E-state index contributed by atoms with van der Waals surface area (Å²) in [5.41, 5.74) is 2.28. The molecule has 2 N–H and O–H groups in total. The molecule has 0 radical (unpaired) electrons. The van der Waals surface area contributed by atoms with Crippen molar-refractivity contribution in [2.45, 2.75) is 4.90 Å². The van der Waals surface area contributed by atoms with Gasteiger partial charge in [-0.05, 0) is 42.5 Å². The van der Waals surface area contributed by atoms with Gasteiger partial charge in [-0.25, -0.2) is 8.42 Å². The maximum atomic E-state index is 13.0. The van der Waals surface area contributed by atoms with Crippen LogP contribution in [0.5, 0.6) is 11.5 Å². The molecule has 11 heteroatoms. The molecule has 1 heterocycles. The summed E-state index contributed by atoms with van der Waals surface area (Å²) in [6.45, 7) is 0. The number of carbonyl (C=O) groups excluding carboxylic acids is 1. The zero-order chi connectivity index (χ0) is 22.7. The lowest BCUT2D eigenvalue weighted by Crippen LogP contribution is -2.16. The second-order valence-corrected chi connectivity index (χ2v) is 8.77. The number of benzene rings is 3. The second kappa shape index (κ2) is 8.81. The highest BCUT2D eigenvalue weighted by Gasteiger charge is 2.21. The highest BCUT2D eigenvalue weighted by Crippen LogP contribution is 2.30. The third-order valence-corrected chi connectivity index (χ3v) is 6.52. The molecule has 0 unspecified atom stereocenters. The van der Waals surface area contributed by atoms with Gasteiger partial charge in [0.1, 0.15) is 27.4 Å². The standard InChI is InChI=1S/C21H18N4O5S2/c1-29-15-9-10-18(30-2)19(12-15)32(27,28)25-14-6-3-5-13(11-14)21(26)22-16-7-4-8-17-20(16)24-31-23-17/h3-12,25H,1-2H3,(H,22,26). The Morgan fingerprint density at radius 2 is 1.78 bits per heavy atom. The van der Waals surface area contributed by atoms with E-state index in [9.17, 15) is 13.2 Å². The van der Waals surface area contributed by atoms with E-state index in [0.29, 0.717) is 22.5 Å². The van der Waals surface area contributed by atoms with Crippen molar-refractivity contribution >= 4 is 50.1 Å². The first kappa shape index (κ1) is 21.5. The predicted octanol–water partition coefficient (Wildman–Crippen LogP) is 3.76. The van der Waals surface area contributed by atoms with Crippen LogP contribution in [0.3, 0.4) is 0 Å². The summed E-state index contributed by atoms with van der Waals surface area (Å²) >= 11 is 1.06. The first-order chi connectivity index (χ1) is 15.4. The Bertz CT molecular complexity index is 1400. The van der Waals surface area contributed by atoms with Crippen molar-refractivity contribution in [1.82, 2.24) is 8.75 Å². The average Bonchev–Trinajstić information content (AvgIpc) is 3.28. The molecule has 164 valence electrons. The monoisotopic (exact) mass is 470 g/mol. The van der Waals surface area contributed by atoms with Crippen LogP contribution in [0.15, 0.2) is 65.6 Å². The number of hydrogen-bond acceptors (Lipinski definition) is 8. The summed E-state index contributed by atoms with van der Waals surface area (Å²) in [5, 5.41) is 2.79. The van der Waals surface area contributed by atoms with Gasteiger partial charge in [-0.1, -0.05) is 12.1 Å². The molecular formula is C21H18N4O5S2. The molecule has 0 aliphatic heterocycles. The smallest absolute Gasteiger partial charge is 0.265 e. The first-order valence-corrected chi connectivity index (χ1v) is 11.5. The lowest BCUT2D eigenvalue weighted by atomic mass is 10.2. The molecule has 0 fully saturated rings. The van der Waals surface area contributed by atoms with Crippen molar-refractivity contribution in [1.29, 1.82) is 0 Å². The van der Waals surface area contributed by atoms with Crippen LogP contribution in [-0.4, -0.2) is 37.3 Å². The van der Waals surface area contributed by atoms with Gasteiger partial charge in [0.15, 0.2) is 0 Å². The maximum absolute atomic E-state index is 13.0. The van der Waals surface area contributed by atoms with Crippen LogP contribution in [-0.2, 0) is 10.0 Å². The Morgan fingerprint density at radius 1 is 0.969 bits per heavy atom. The number of aromatic nitrogens is 2. The molecule has 0 spiro atoms. The van der Waals surface area contributed by atoms with Gasteiger partial charge < -0.3 is 14.8 Å². The molecule has 3 aromatic carbocycles. The number of ether oxygens (including phenoxy) is 2. The Hall–Kier alpha value is -3.70. The minimum absolute atomic E-state index is 0.0862. The third-order valence-electron chi connectivity index (χ3n) is 4.57. The van der Waals surface area contributed by atoms with E-state index < -0.39 is 15.9 Å². The van der Waals surface area contributed by atoms with Crippen LogP contribution in [0.25, 0.3) is 11.0 Å². The summed E-state index contributed by atoms with van der Waals surface area (Å²) in [7, 11) is -1.20. The zero-order valence-electron chi connectivity index (χ0n) is 17.0. The van der Waals surface area contributed by atoms with Crippen molar-refractivity contribution in [3.63, 3.8) is 0 Å². The summed E-state index contributed by atoms with van der Waals surface area (Å²) < 4.78 is 47.1. The number of amides is 1. The molecular weight excluding hydrogens is 452 g/mol. The molecule has 1 amide bonds. The molecule has 9 nitrogen and oxygen atoms in total. The lowest BCUT2D eigenvalue weighted by molar-refractivity contribution is 0.102. The van der Waals surface area contributed by atoms with Gasteiger partial charge in [0.25, 0.3) is 15.9 Å². The number of sulfonamides is 1. The predicted molar refractivity (Wildman–Crippen MR) is 122 cm³/mol. The lowest BCUT2D eigenvalue weighted by Gasteiger charge is -2.13. The Balaban J connectivity index is 1.59. The van der Waals surface area contributed by atoms with E-state index in [2.05, 4.69) is 18.8 Å². The highest BCUT2D eigenvalue weighted by atomic mass is 32.2. The van der Waals surface area contributed by atoms with Crippen LogP contribution in [0, 0.1) is 0 Å². The minimum Gasteiger partial charge on any atom is -0.497 e. The number of methoxy groups -OCH3 is 2. The van der Waals surface area contributed by atoms with Crippen molar-refractivity contribution in [3.05, 3.63) is 66.2 Å². The van der Waals surface area contributed by atoms with E-state index in [1.165, 1.54) is 32.4 Å². The first-order valence-electron chi connectivity index (χ1n) is 9.29. The molecule has 0 bridgehead atoms. The zero-order valence-corrected chi connectivity index (χ0v) is 18.7. The normalized spacial score (nSPS) is 11.2. The molecule has 0 aliphatic rings. The van der Waals surface area contributed by atoms with Crippen LogP contribution in [0.1, 0.15) is 10.4 Å². The quantitative estimate of drug-likeness (QED) is 0.422. The minimum atomic E-state index is -4.01. The number of carbonyl (C=O) groups is 1. The Morgan fingerprint density at radius 3 is 2.56 bits per heavy atom. The van der Waals surface area contributed by atoms with Crippen molar-refractivity contribution in [3.8, 4) is 11.5 Å². The maximum Gasteiger partial charge on any atom is 0.265 e. The van der Waals surface area contributed by atoms with Crippen LogP contribution < -0.4 is 19.5 Å². The SMILES string of the molecule is COc1ccc(OC)c(S(=O)(=O)Nc2cccc(C(=O)Nc3cccc4nsnc34)c2)c1. The van der Waals surface area contributed by atoms with Gasteiger partial charge in [-0.15, -0.1) is 0 Å². The molecule has 4 aromatic rings. The van der Waals surface area contributed by atoms with Gasteiger partial charge in [-0.2, -0.15) is 8.75 Å². The number of nitrogens with zero attached hydrogens (tertiary/aromatic N) is 2. The van der Waals surface area contributed by atoms with Gasteiger partial charge in [0, 0.05) is 17.3 Å². The Kier molecular flexibility index (Phi) is 5.93. The van der Waals surface area contributed by atoms with E-state index >= 15 is 0 Å². The van der Waals surface area contributed by atoms with Crippen molar-refractivity contribution in [2.24, 2.45) is 0 Å². The Labute approximate surface area is 188 Å². The molecule has 1 aromatic heterocycles. The van der Waals surface area contributed by atoms with E-state index in [1.54, 1.807) is 42.5 Å².